The van der Waals surface area contributed by atoms with E-state index in [4.69, 9.17) is 4.42 Å². The Hall–Kier alpha value is -2.72. The quantitative estimate of drug-likeness (QED) is 0.386. The Balaban J connectivity index is 1.39. The molecule has 3 aromatic heterocycles. The van der Waals surface area contributed by atoms with E-state index in [0.29, 0.717) is 34.1 Å². The normalized spacial score (nSPS) is 11.3. The summed E-state index contributed by atoms with van der Waals surface area (Å²) in [5.74, 6) is 0.544. The Labute approximate surface area is 155 Å². The molecule has 0 aliphatic carbocycles. The van der Waals surface area contributed by atoms with Crippen LogP contribution < -0.4 is 5.69 Å². The summed E-state index contributed by atoms with van der Waals surface area (Å²) in [6, 6.07) is 5.03. The predicted octanol–water partition coefficient (Wildman–Crippen LogP) is 2.57. The number of Topliss-reactive ketones (excluding diaryl/α,β-unsaturated/α-hetero) is 1. The number of aryl methyl sites for hydroxylation is 1. The third-order valence-electron chi connectivity index (χ3n) is 3.61. The van der Waals surface area contributed by atoms with Gasteiger partial charge in [-0.2, -0.15) is 0 Å². The number of benzene rings is 1. The lowest BCUT2D eigenvalue weighted by atomic mass is 10.1. The monoisotopic (exact) mass is 387 g/mol. The summed E-state index contributed by atoms with van der Waals surface area (Å²) in [7, 11) is 0. The minimum absolute atomic E-state index is 0.0891. The van der Waals surface area contributed by atoms with Gasteiger partial charge in [0.05, 0.1) is 33.9 Å². The molecule has 132 valence electrons. The first-order valence-corrected chi connectivity index (χ1v) is 9.55. The maximum Gasteiger partial charge on any atom is 0.323 e. The molecule has 0 fully saturated rings. The van der Waals surface area contributed by atoms with E-state index < -0.39 is 0 Å². The Bertz CT molecular complexity index is 1140. The minimum atomic E-state index is -0.298. The molecule has 0 aliphatic heterocycles. The molecule has 8 nitrogen and oxygen atoms in total. The lowest BCUT2D eigenvalue weighted by Gasteiger charge is -1.99. The number of thiazole rings is 1. The fraction of sp³-hybridized carbons (Fsp3) is 0.188. The van der Waals surface area contributed by atoms with Gasteiger partial charge < -0.3 is 14.4 Å². The number of nitrogens with zero attached hydrogens (tertiary/aromatic N) is 3. The van der Waals surface area contributed by atoms with Crippen molar-refractivity contribution in [1.82, 2.24) is 25.1 Å². The lowest BCUT2D eigenvalue weighted by Crippen LogP contribution is -2.02. The molecule has 0 saturated heterocycles. The number of rotatable bonds is 6. The number of nitrogens with one attached hydrogen (secondary N) is 2. The molecule has 3 heterocycles. The Kier molecular flexibility index (Phi) is 4.43. The SMILES string of the molecule is Cc1nc(Cc2nnc(SCC(=O)c3ccc4[nH]c(=O)[nH]c4c3)o2)cs1. The highest BCUT2D eigenvalue weighted by Gasteiger charge is 2.13. The van der Waals surface area contributed by atoms with Gasteiger partial charge in [-0.3, -0.25) is 4.79 Å². The van der Waals surface area contributed by atoms with Crippen LogP contribution in [0.5, 0.6) is 0 Å². The standard InChI is InChI=1S/C16H13N5O3S2/c1-8-17-10(6-25-8)5-14-20-21-16(24-14)26-7-13(22)9-2-3-11-12(4-9)19-15(23)18-11/h2-4,6H,5,7H2,1H3,(H2,18,19,23). The van der Waals surface area contributed by atoms with Gasteiger partial charge in [-0.05, 0) is 25.1 Å². The molecular weight excluding hydrogens is 374 g/mol. The number of H-pyrrole nitrogens is 2. The summed E-state index contributed by atoms with van der Waals surface area (Å²) < 4.78 is 5.56. The molecular formula is C16H13N5O3S2. The fourth-order valence-corrected chi connectivity index (χ4v) is 3.72. The van der Waals surface area contributed by atoms with Crippen molar-refractivity contribution in [2.24, 2.45) is 0 Å². The smallest absolute Gasteiger partial charge is 0.323 e. The highest BCUT2D eigenvalue weighted by atomic mass is 32.2. The summed E-state index contributed by atoms with van der Waals surface area (Å²) in [5.41, 5.74) is 2.37. The first-order valence-electron chi connectivity index (χ1n) is 7.68. The number of ketones is 1. The molecule has 0 aliphatic rings. The topological polar surface area (TPSA) is 118 Å². The van der Waals surface area contributed by atoms with Crippen LogP contribution in [0.4, 0.5) is 0 Å². The molecule has 0 bridgehead atoms. The van der Waals surface area contributed by atoms with Crippen molar-refractivity contribution in [2.75, 3.05) is 5.75 Å². The van der Waals surface area contributed by atoms with Gasteiger partial charge in [0.25, 0.3) is 5.22 Å². The van der Waals surface area contributed by atoms with Crippen LogP contribution in [0.1, 0.15) is 27.0 Å². The van der Waals surface area contributed by atoms with Gasteiger partial charge in [-0.25, -0.2) is 9.78 Å². The van der Waals surface area contributed by atoms with Crippen molar-refractivity contribution in [3.05, 3.63) is 56.2 Å². The van der Waals surface area contributed by atoms with Crippen molar-refractivity contribution in [3.63, 3.8) is 0 Å². The fourth-order valence-electron chi connectivity index (χ4n) is 2.43. The molecule has 26 heavy (non-hydrogen) atoms. The summed E-state index contributed by atoms with van der Waals surface area (Å²) >= 11 is 2.75. The van der Waals surface area contributed by atoms with Crippen molar-refractivity contribution in [2.45, 2.75) is 18.6 Å². The van der Waals surface area contributed by atoms with Crippen LogP contribution in [0.15, 0.2) is 38.0 Å². The highest BCUT2D eigenvalue weighted by molar-refractivity contribution is 7.99. The summed E-state index contributed by atoms with van der Waals surface area (Å²) in [4.78, 5) is 33.3. The molecule has 0 radical (unpaired) electrons. The van der Waals surface area contributed by atoms with E-state index in [1.807, 2.05) is 12.3 Å². The average Bonchev–Trinajstić information content (AvgIpc) is 3.32. The third kappa shape index (κ3) is 3.60. The third-order valence-corrected chi connectivity index (χ3v) is 5.25. The zero-order valence-corrected chi connectivity index (χ0v) is 15.2. The van der Waals surface area contributed by atoms with Crippen LogP contribution in [-0.2, 0) is 6.42 Å². The van der Waals surface area contributed by atoms with Gasteiger partial charge in [-0.1, -0.05) is 11.8 Å². The molecule has 0 atom stereocenters. The number of hydrogen-bond acceptors (Lipinski definition) is 8. The first kappa shape index (κ1) is 16.7. The van der Waals surface area contributed by atoms with Gasteiger partial charge in [0.1, 0.15) is 0 Å². The van der Waals surface area contributed by atoms with Gasteiger partial charge >= 0.3 is 5.69 Å². The van der Waals surface area contributed by atoms with Crippen molar-refractivity contribution in [1.29, 1.82) is 0 Å². The van der Waals surface area contributed by atoms with E-state index >= 15 is 0 Å². The second-order valence-corrected chi connectivity index (χ2v) is 7.54. The van der Waals surface area contributed by atoms with Crippen LogP contribution in [0.2, 0.25) is 0 Å². The van der Waals surface area contributed by atoms with Gasteiger partial charge in [-0.15, -0.1) is 21.5 Å². The van der Waals surface area contributed by atoms with Crippen molar-refractivity contribution >= 4 is 39.9 Å². The molecule has 0 unspecified atom stereocenters. The first-order chi connectivity index (χ1) is 12.6. The number of carbonyl (C=O) groups is 1. The zero-order valence-electron chi connectivity index (χ0n) is 13.6. The summed E-state index contributed by atoms with van der Waals surface area (Å²) in [5, 5.41) is 11.2. The Morgan fingerprint density at radius 3 is 2.92 bits per heavy atom. The maximum absolute atomic E-state index is 12.3. The molecule has 0 amide bonds. The van der Waals surface area contributed by atoms with Gasteiger partial charge in [0.15, 0.2) is 5.78 Å². The van der Waals surface area contributed by atoms with E-state index in [1.165, 1.54) is 11.8 Å². The molecule has 4 aromatic rings. The largest absolute Gasteiger partial charge is 0.416 e. The number of imidazole rings is 1. The van der Waals surface area contributed by atoms with E-state index in [1.54, 1.807) is 29.5 Å². The molecule has 4 rings (SSSR count). The van der Waals surface area contributed by atoms with Crippen LogP contribution in [0, 0.1) is 6.92 Å². The van der Waals surface area contributed by atoms with Crippen LogP contribution in [-0.4, -0.2) is 36.7 Å². The number of thioether (sulfide) groups is 1. The van der Waals surface area contributed by atoms with Crippen LogP contribution in [0.25, 0.3) is 11.0 Å². The molecule has 10 heteroatoms. The second-order valence-electron chi connectivity index (χ2n) is 5.55. The number of carbonyl (C=O) groups excluding carboxylic acids is 1. The molecule has 1 aromatic carbocycles. The van der Waals surface area contributed by atoms with E-state index in [0.717, 1.165) is 10.7 Å². The summed E-state index contributed by atoms with van der Waals surface area (Å²) in [6.45, 7) is 1.94. The number of aromatic amines is 2. The van der Waals surface area contributed by atoms with E-state index in [9.17, 15) is 9.59 Å². The Morgan fingerprint density at radius 2 is 2.12 bits per heavy atom. The number of hydrogen-bond donors (Lipinski definition) is 2. The van der Waals surface area contributed by atoms with Crippen LogP contribution in [0.3, 0.4) is 0 Å². The van der Waals surface area contributed by atoms with Crippen molar-refractivity contribution < 1.29 is 9.21 Å². The highest BCUT2D eigenvalue weighted by Crippen LogP contribution is 2.20. The average molecular weight is 387 g/mol. The lowest BCUT2D eigenvalue weighted by molar-refractivity contribution is 0.102. The molecule has 0 spiro atoms. The van der Waals surface area contributed by atoms with E-state index in [-0.39, 0.29) is 17.2 Å². The maximum atomic E-state index is 12.3. The number of fused-ring (bicyclic) bond motifs is 1. The molecule has 0 saturated carbocycles. The predicted molar refractivity (Wildman–Crippen MR) is 97.9 cm³/mol. The number of aromatic nitrogens is 5. The zero-order chi connectivity index (χ0) is 18.1. The van der Waals surface area contributed by atoms with Gasteiger partial charge in [0.2, 0.25) is 5.89 Å². The van der Waals surface area contributed by atoms with Crippen LogP contribution >= 0.6 is 23.1 Å². The second kappa shape index (κ2) is 6.89. The molecule has 2 N–H and O–H groups in total. The Morgan fingerprint density at radius 1 is 1.27 bits per heavy atom. The van der Waals surface area contributed by atoms with E-state index in [2.05, 4.69) is 25.1 Å². The summed E-state index contributed by atoms with van der Waals surface area (Å²) in [6.07, 6.45) is 0.476. The minimum Gasteiger partial charge on any atom is -0.416 e. The van der Waals surface area contributed by atoms with Crippen molar-refractivity contribution in [3.8, 4) is 0 Å². The van der Waals surface area contributed by atoms with Gasteiger partial charge in [0, 0.05) is 10.9 Å².